The minimum absolute atomic E-state index is 0.199. The van der Waals surface area contributed by atoms with Crippen LogP contribution in [0.3, 0.4) is 0 Å². The Kier molecular flexibility index (Phi) is 5.52. The Balaban J connectivity index is 1.93. The third kappa shape index (κ3) is 4.32. The predicted molar refractivity (Wildman–Crippen MR) is 108 cm³/mol. The largest absolute Gasteiger partial charge is 0.496 e. The van der Waals surface area contributed by atoms with Gasteiger partial charge in [-0.05, 0) is 19.1 Å². The fourth-order valence-corrected chi connectivity index (χ4v) is 3.45. The first-order chi connectivity index (χ1) is 13.0. The lowest BCUT2D eigenvalue weighted by atomic mass is 10.1. The Bertz CT molecular complexity index is 980. The second-order valence-corrected chi connectivity index (χ2v) is 6.90. The molecule has 0 aliphatic carbocycles. The van der Waals surface area contributed by atoms with Crippen LogP contribution in [-0.4, -0.2) is 23.9 Å². The maximum Gasteiger partial charge on any atom is 0.261 e. The first-order valence-electron chi connectivity index (χ1n) is 8.27. The van der Waals surface area contributed by atoms with Gasteiger partial charge in [-0.15, -0.1) is 0 Å². The van der Waals surface area contributed by atoms with Crippen LogP contribution in [0.15, 0.2) is 48.5 Å². The Hall–Kier alpha value is -3.19. The van der Waals surface area contributed by atoms with E-state index in [0.717, 1.165) is 11.1 Å². The summed E-state index contributed by atoms with van der Waals surface area (Å²) in [5.74, 6) is -0.0481. The second kappa shape index (κ2) is 8.01. The van der Waals surface area contributed by atoms with Crippen LogP contribution >= 0.6 is 11.3 Å². The number of aromatic nitrogens is 1. The van der Waals surface area contributed by atoms with E-state index in [1.54, 1.807) is 24.3 Å². The zero-order chi connectivity index (χ0) is 19.4. The summed E-state index contributed by atoms with van der Waals surface area (Å²) in [6.07, 6.45) is 0. The van der Waals surface area contributed by atoms with Crippen LogP contribution in [0.25, 0.3) is 11.3 Å². The molecule has 0 aliphatic rings. The van der Waals surface area contributed by atoms with Crippen molar-refractivity contribution in [2.24, 2.45) is 0 Å². The van der Waals surface area contributed by atoms with Crippen LogP contribution in [0.5, 0.6) is 5.75 Å². The SMILES string of the molecule is COc1ccccc1C(=O)Nc1nc(-c2ccc(C)cc2)c(NC(C)=O)s1. The third-order valence-electron chi connectivity index (χ3n) is 3.81. The fourth-order valence-electron chi connectivity index (χ4n) is 2.52. The van der Waals surface area contributed by atoms with Crippen LogP contribution in [0.1, 0.15) is 22.8 Å². The van der Waals surface area contributed by atoms with Gasteiger partial charge in [0.05, 0.1) is 12.7 Å². The summed E-state index contributed by atoms with van der Waals surface area (Å²) in [5, 5.41) is 6.55. The quantitative estimate of drug-likeness (QED) is 0.689. The summed E-state index contributed by atoms with van der Waals surface area (Å²) in [5.41, 5.74) is 3.01. The Morgan fingerprint density at radius 2 is 1.74 bits per heavy atom. The number of ether oxygens (including phenoxy) is 1. The maximum atomic E-state index is 12.6. The molecule has 0 bridgehead atoms. The summed E-state index contributed by atoms with van der Waals surface area (Å²) < 4.78 is 5.23. The molecule has 1 aromatic heterocycles. The molecule has 3 rings (SSSR count). The molecule has 27 heavy (non-hydrogen) atoms. The van der Waals surface area contributed by atoms with E-state index >= 15 is 0 Å². The number of anilines is 2. The van der Waals surface area contributed by atoms with Crippen molar-refractivity contribution >= 4 is 33.3 Å². The molecule has 2 aromatic carbocycles. The zero-order valence-corrected chi connectivity index (χ0v) is 16.0. The number of aryl methyl sites for hydroxylation is 1. The monoisotopic (exact) mass is 381 g/mol. The first kappa shape index (κ1) is 18.6. The highest BCUT2D eigenvalue weighted by atomic mass is 32.1. The number of rotatable bonds is 5. The zero-order valence-electron chi connectivity index (χ0n) is 15.2. The van der Waals surface area contributed by atoms with Gasteiger partial charge in [0.1, 0.15) is 16.4 Å². The van der Waals surface area contributed by atoms with Gasteiger partial charge in [-0.3, -0.25) is 14.9 Å². The van der Waals surface area contributed by atoms with Gasteiger partial charge in [0.2, 0.25) is 5.91 Å². The van der Waals surface area contributed by atoms with E-state index < -0.39 is 0 Å². The van der Waals surface area contributed by atoms with E-state index in [0.29, 0.717) is 27.1 Å². The molecular formula is C20H19N3O3S. The molecule has 2 amide bonds. The van der Waals surface area contributed by atoms with E-state index in [1.165, 1.54) is 25.4 Å². The van der Waals surface area contributed by atoms with E-state index in [9.17, 15) is 9.59 Å². The van der Waals surface area contributed by atoms with Gasteiger partial charge in [-0.25, -0.2) is 4.98 Å². The van der Waals surface area contributed by atoms with Gasteiger partial charge in [-0.2, -0.15) is 0 Å². The van der Waals surface area contributed by atoms with Gasteiger partial charge in [-0.1, -0.05) is 53.3 Å². The number of carbonyl (C=O) groups excluding carboxylic acids is 2. The first-order valence-corrected chi connectivity index (χ1v) is 9.09. The number of thiazole rings is 1. The molecule has 0 aliphatic heterocycles. The highest BCUT2D eigenvalue weighted by Gasteiger charge is 2.18. The van der Waals surface area contributed by atoms with Crippen LogP contribution < -0.4 is 15.4 Å². The molecule has 0 atom stereocenters. The van der Waals surface area contributed by atoms with Crippen molar-refractivity contribution in [2.45, 2.75) is 13.8 Å². The molecule has 0 saturated heterocycles. The normalized spacial score (nSPS) is 10.3. The summed E-state index contributed by atoms with van der Waals surface area (Å²) in [7, 11) is 1.51. The summed E-state index contributed by atoms with van der Waals surface area (Å²) >= 11 is 1.21. The van der Waals surface area contributed by atoms with Gasteiger partial charge >= 0.3 is 0 Å². The lowest BCUT2D eigenvalue weighted by molar-refractivity contribution is -0.114. The molecule has 0 spiro atoms. The number of amides is 2. The second-order valence-electron chi connectivity index (χ2n) is 5.90. The molecule has 0 unspecified atom stereocenters. The highest BCUT2D eigenvalue weighted by molar-refractivity contribution is 7.20. The number of nitrogens with zero attached hydrogens (tertiary/aromatic N) is 1. The number of hydrogen-bond acceptors (Lipinski definition) is 5. The lowest BCUT2D eigenvalue weighted by Crippen LogP contribution is -2.12. The fraction of sp³-hybridized carbons (Fsp3) is 0.150. The standard InChI is InChI=1S/C20H19N3O3S/c1-12-8-10-14(11-9-12)17-19(21-13(2)24)27-20(22-17)23-18(25)15-6-4-5-7-16(15)26-3/h4-11H,1-3H3,(H,21,24)(H,22,23,25). The van der Waals surface area contributed by atoms with Gasteiger partial charge in [0.25, 0.3) is 5.91 Å². The summed E-state index contributed by atoms with van der Waals surface area (Å²) in [6, 6.07) is 14.8. The summed E-state index contributed by atoms with van der Waals surface area (Å²) in [6.45, 7) is 3.43. The van der Waals surface area contributed by atoms with Crippen LogP contribution in [-0.2, 0) is 4.79 Å². The number of hydrogen-bond donors (Lipinski definition) is 2. The molecule has 7 heteroatoms. The number of nitrogens with one attached hydrogen (secondary N) is 2. The number of methoxy groups -OCH3 is 1. The van der Waals surface area contributed by atoms with Crippen molar-refractivity contribution in [2.75, 3.05) is 17.7 Å². The van der Waals surface area contributed by atoms with Crippen molar-refractivity contribution in [1.29, 1.82) is 0 Å². The molecule has 6 nitrogen and oxygen atoms in total. The minimum atomic E-state index is -0.328. The van der Waals surface area contributed by atoms with Crippen LogP contribution in [0.4, 0.5) is 10.1 Å². The topological polar surface area (TPSA) is 80.3 Å². The third-order valence-corrected chi connectivity index (χ3v) is 4.70. The molecule has 0 fully saturated rings. The number of benzene rings is 2. The van der Waals surface area contributed by atoms with Gasteiger partial charge in [0.15, 0.2) is 5.13 Å². The Labute approximate surface area is 161 Å². The van der Waals surface area contributed by atoms with Crippen LogP contribution in [0, 0.1) is 6.92 Å². The average molecular weight is 381 g/mol. The Morgan fingerprint density at radius 1 is 1.04 bits per heavy atom. The highest BCUT2D eigenvalue weighted by Crippen LogP contribution is 2.36. The Morgan fingerprint density at radius 3 is 2.41 bits per heavy atom. The van der Waals surface area contributed by atoms with E-state index in [2.05, 4.69) is 15.6 Å². The molecule has 2 N–H and O–H groups in total. The van der Waals surface area contributed by atoms with Crippen molar-refractivity contribution in [3.63, 3.8) is 0 Å². The van der Waals surface area contributed by atoms with E-state index in [1.807, 2.05) is 31.2 Å². The van der Waals surface area contributed by atoms with Crippen molar-refractivity contribution < 1.29 is 14.3 Å². The lowest BCUT2D eigenvalue weighted by Gasteiger charge is -2.06. The van der Waals surface area contributed by atoms with Crippen molar-refractivity contribution in [1.82, 2.24) is 4.98 Å². The molecule has 3 aromatic rings. The van der Waals surface area contributed by atoms with Gasteiger partial charge in [0, 0.05) is 12.5 Å². The average Bonchev–Trinajstić information content (AvgIpc) is 3.03. The number of para-hydroxylation sites is 1. The van der Waals surface area contributed by atoms with Crippen LogP contribution in [0.2, 0.25) is 0 Å². The van der Waals surface area contributed by atoms with Crippen molar-refractivity contribution in [3.8, 4) is 17.0 Å². The molecule has 138 valence electrons. The smallest absolute Gasteiger partial charge is 0.261 e. The van der Waals surface area contributed by atoms with Crippen molar-refractivity contribution in [3.05, 3.63) is 59.7 Å². The number of carbonyl (C=O) groups is 2. The van der Waals surface area contributed by atoms with Gasteiger partial charge < -0.3 is 10.1 Å². The molecular weight excluding hydrogens is 362 g/mol. The predicted octanol–water partition coefficient (Wildman–Crippen LogP) is 4.34. The maximum absolute atomic E-state index is 12.6. The van der Waals surface area contributed by atoms with E-state index in [4.69, 9.17) is 4.74 Å². The molecule has 0 radical (unpaired) electrons. The summed E-state index contributed by atoms with van der Waals surface area (Å²) in [4.78, 5) is 28.7. The van der Waals surface area contributed by atoms with E-state index in [-0.39, 0.29) is 11.8 Å². The minimum Gasteiger partial charge on any atom is -0.496 e. The molecule has 0 saturated carbocycles. The molecule has 1 heterocycles.